The van der Waals surface area contributed by atoms with E-state index in [4.69, 9.17) is 4.74 Å². The van der Waals surface area contributed by atoms with Gasteiger partial charge in [-0.25, -0.2) is 0 Å². The van der Waals surface area contributed by atoms with Crippen molar-refractivity contribution in [2.24, 2.45) is 5.92 Å². The molecule has 0 saturated carbocycles. The fraction of sp³-hybridized carbons (Fsp3) is 0.471. The number of carbonyl (C=O) groups excluding carboxylic acids is 3. The van der Waals surface area contributed by atoms with Gasteiger partial charge in [0.25, 0.3) is 11.8 Å². The molecule has 1 unspecified atom stereocenters. The van der Waals surface area contributed by atoms with Gasteiger partial charge in [-0.1, -0.05) is 12.1 Å². The largest absolute Gasteiger partial charge is 0.384 e. The van der Waals surface area contributed by atoms with Gasteiger partial charge < -0.3 is 9.64 Å². The average Bonchev–Trinajstić information content (AvgIpc) is 2.81. The number of ether oxygens (including phenoxy) is 1. The maximum atomic E-state index is 12.5. The minimum atomic E-state index is -0.385. The van der Waals surface area contributed by atoms with E-state index >= 15 is 0 Å². The second kappa shape index (κ2) is 6.50. The predicted octanol–water partition coefficient (Wildman–Crippen LogP) is 1.17. The summed E-state index contributed by atoms with van der Waals surface area (Å²) in [6.07, 6.45) is 1.95. The van der Waals surface area contributed by atoms with Gasteiger partial charge in [-0.2, -0.15) is 0 Å². The number of benzene rings is 1. The highest BCUT2D eigenvalue weighted by Crippen LogP contribution is 2.23. The normalized spacial score (nSPS) is 20.8. The van der Waals surface area contributed by atoms with Crippen LogP contribution in [0.25, 0.3) is 0 Å². The molecule has 0 aromatic heterocycles. The van der Waals surface area contributed by atoms with Crippen molar-refractivity contribution in [3.63, 3.8) is 0 Å². The first-order chi connectivity index (χ1) is 11.1. The van der Waals surface area contributed by atoms with E-state index in [1.165, 1.54) is 0 Å². The first-order valence-corrected chi connectivity index (χ1v) is 7.83. The van der Waals surface area contributed by atoms with Gasteiger partial charge in [0.1, 0.15) is 6.54 Å². The quantitative estimate of drug-likeness (QED) is 0.782. The van der Waals surface area contributed by atoms with Crippen LogP contribution in [0.5, 0.6) is 0 Å². The van der Waals surface area contributed by atoms with Gasteiger partial charge in [-0.3, -0.25) is 19.3 Å². The molecule has 6 nitrogen and oxygen atoms in total. The van der Waals surface area contributed by atoms with Gasteiger partial charge in [0.05, 0.1) is 17.7 Å². The second-order valence-corrected chi connectivity index (χ2v) is 6.05. The van der Waals surface area contributed by atoms with Crippen LogP contribution in [-0.4, -0.2) is 60.9 Å². The Labute approximate surface area is 135 Å². The molecule has 0 bridgehead atoms. The Kier molecular flexibility index (Phi) is 4.43. The van der Waals surface area contributed by atoms with Gasteiger partial charge in [0.15, 0.2) is 0 Å². The zero-order valence-corrected chi connectivity index (χ0v) is 13.2. The third kappa shape index (κ3) is 2.99. The number of likely N-dealkylation sites (tertiary alicyclic amines) is 1. The molecule has 3 rings (SSSR count). The van der Waals surface area contributed by atoms with E-state index in [2.05, 4.69) is 0 Å². The number of carbonyl (C=O) groups is 3. The van der Waals surface area contributed by atoms with E-state index in [1.54, 1.807) is 36.3 Å². The number of nitrogens with zero attached hydrogens (tertiary/aromatic N) is 2. The Bertz CT molecular complexity index is 606. The third-order valence-corrected chi connectivity index (χ3v) is 4.45. The number of hydrogen-bond donors (Lipinski definition) is 0. The van der Waals surface area contributed by atoms with Crippen molar-refractivity contribution in [2.75, 3.05) is 33.4 Å². The van der Waals surface area contributed by atoms with Crippen molar-refractivity contribution in [3.05, 3.63) is 35.4 Å². The molecule has 122 valence electrons. The third-order valence-electron chi connectivity index (χ3n) is 4.45. The lowest BCUT2D eigenvalue weighted by atomic mass is 9.99. The molecule has 0 N–H and O–H groups in total. The molecule has 2 aliphatic rings. The Morgan fingerprint density at radius 2 is 1.87 bits per heavy atom. The number of fused-ring (bicyclic) bond motifs is 1. The summed E-state index contributed by atoms with van der Waals surface area (Å²) in [7, 11) is 1.65. The first kappa shape index (κ1) is 15.7. The molecule has 6 heteroatoms. The van der Waals surface area contributed by atoms with Gasteiger partial charge >= 0.3 is 0 Å². The molecule has 2 aliphatic heterocycles. The van der Waals surface area contributed by atoms with E-state index in [9.17, 15) is 14.4 Å². The van der Waals surface area contributed by atoms with Crippen LogP contribution in [0.1, 0.15) is 33.6 Å². The number of piperidine rings is 1. The standard InChI is InChI=1S/C17H20N2O4/c1-23-11-12-5-4-8-18(9-12)15(20)10-19-16(21)13-6-2-3-7-14(13)17(19)22/h2-3,6-7,12H,4-5,8-11H2,1H3. The summed E-state index contributed by atoms with van der Waals surface area (Å²) >= 11 is 0. The maximum Gasteiger partial charge on any atom is 0.262 e. The number of rotatable bonds is 4. The molecule has 3 amide bonds. The highest BCUT2D eigenvalue weighted by Gasteiger charge is 2.37. The van der Waals surface area contributed by atoms with Gasteiger partial charge in [0, 0.05) is 20.2 Å². The molecule has 0 spiro atoms. The smallest absolute Gasteiger partial charge is 0.262 e. The van der Waals surface area contributed by atoms with Crippen molar-refractivity contribution >= 4 is 17.7 Å². The van der Waals surface area contributed by atoms with E-state index in [0.29, 0.717) is 36.7 Å². The molecular weight excluding hydrogens is 296 g/mol. The minimum absolute atomic E-state index is 0.180. The van der Waals surface area contributed by atoms with E-state index in [1.807, 2.05) is 0 Å². The summed E-state index contributed by atoms with van der Waals surface area (Å²) in [4.78, 5) is 39.9. The summed E-state index contributed by atoms with van der Waals surface area (Å²) in [5, 5.41) is 0. The molecule has 1 aromatic rings. The Hall–Kier alpha value is -2.21. The fourth-order valence-electron chi connectivity index (χ4n) is 3.28. The Morgan fingerprint density at radius 1 is 1.22 bits per heavy atom. The molecule has 0 aliphatic carbocycles. The first-order valence-electron chi connectivity index (χ1n) is 7.83. The Morgan fingerprint density at radius 3 is 2.48 bits per heavy atom. The summed E-state index contributed by atoms with van der Waals surface area (Å²) in [5.41, 5.74) is 0.752. The molecule has 1 fully saturated rings. The highest BCUT2D eigenvalue weighted by atomic mass is 16.5. The van der Waals surface area contributed by atoms with Crippen LogP contribution in [0.4, 0.5) is 0 Å². The lowest BCUT2D eigenvalue weighted by Crippen LogP contribution is -2.47. The highest BCUT2D eigenvalue weighted by molar-refractivity contribution is 6.22. The zero-order chi connectivity index (χ0) is 16.4. The molecule has 23 heavy (non-hydrogen) atoms. The van der Waals surface area contributed by atoms with Crippen molar-refractivity contribution < 1.29 is 19.1 Å². The van der Waals surface area contributed by atoms with Crippen molar-refractivity contribution in [2.45, 2.75) is 12.8 Å². The molecule has 2 heterocycles. The summed E-state index contributed by atoms with van der Waals surface area (Å²) in [6, 6.07) is 6.68. The van der Waals surface area contributed by atoms with Crippen molar-refractivity contribution in [1.29, 1.82) is 0 Å². The molecule has 1 atom stereocenters. The zero-order valence-electron chi connectivity index (χ0n) is 13.2. The van der Waals surface area contributed by atoms with Crippen molar-refractivity contribution in [1.82, 2.24) is 9.80 Å². The SMILES string of the molecule is COCC1CCCN(C(=O)CN2C(=O)c3ccccc3C2=O)C1. The Balaban J connectivity index is 1.67. The van der Waals surface area contributed by atoms with Crippen LogP contribution in [-0.2, 0) is 9.53 Å². The molecule has 0 radical (unpaired) electrons. The topological polar surface area (TPSA) is 66.9 Å². The van der Waals surface area contributed by atoms with Gasteiger partial charge in [0.2, 0.25) is 5.91 Å². The van der Waals surface area contributed by atoms with Crippen LogP contribution in [0.3, 0.4) is 0 Å². The summed E-state index contributed by atoms with van der Waals surface area (Å²) in [6.45, 7) is 1.72. The lowest BCUT2D eigenvalue weighted by molar-refractivity contribution is -0.133. The molecule has 1 saturated heterocycles. The summed E-state index contributed by atoms with van der Waals surface area (Å²) in [5.74, 6) is -0.631. The lowest BCUT2D eigenvalue weighted by Gasteiger charge is -2.33. The fourth-order valence-corrected chi connectivity index (χ4v) is 3.28. The van der Waals surface area contributed by atoms with E-state index in [0.717, 1.165) is 17.7 Å². The summed E-state index contributed by atoms with van der Waals surface area (Å²) < 4.78 is 5.16. The van der Waals surface area contributed by atoms with E-state index < -0.39 is 0 Å². The average molecular weight is 316 g/mol. The van der Waals surface area contributed by atoms with Gasteiger partial charge in [-0.05, 0) is 30.9 Å². The second-order valence-electron chi connectivity index (χ2n) is 6.05. The van der Waals surface area contributed by atoms with Crippen LogP contribution in [0, 0.1) is 5.92 Å². The minimum Gasteiger partial charge on any atom is -0.384 e. The number of hydrogen-bond acceptors (Lipinski definition) is 4. The number of methoxy groups -OCH3 is 1. The number of imide groups is 1. The van der Waals surface area contributed by atoms with Crippen LogP contribution in [0.15, 0.2) is 24.3 Å². The van der Waals surface area contributed by atoms with Crippen molar-refractivity contribution in [3.8, 4) is 0 Å². The maximum absolute atomic E-state index is 12.5. The van der Waals surface area contributed by atoms with Crippen LogP contribution in [0.2, 0.25) is 0 Å². The van der Waals surface area contributed by atoms with Crippen LogP contribution < -0.4 is 0 Å². The number of amides is 3. The predicted molar refractivity (Wildman–Crippen MR) is 83.0 cm³/mol. The van der Waals surface area contributed by atoms with E-state index in [-0.39, 0.29) is 24.3 Å². The monoisotopic (exact) mass is 316 g/mol. The van der Waals surface area contributed by atoms with Crippen LogP contribution >= 0.6 is 0 Å². The molecule has 1 aromatic carbocycles. The molecular formula is C17H20N2O4. The van der Waals surface area contributed by atoms with Gasteiger partial charge in [-0.15, -0.1) is 0 Å².